The molecule has 2 aromatic rings. The summed E-state index contributed by atoms with van der Waals surface area (Å²) in [5.74, 6) is 0.422. The molecule has 1 fully saturated rings. The fourth-order valence-corrected chi connectivity index (χ4v) is 3.23. The van der Waals surface area contributed by atoms with Crippen LogP contribution in [0.4, 0.5) is 10.5 Å². The van der Waals surface area contributed by atoms with Crippen LogP contribution < -0.4 is 15.0 Å². The predicted molar refractivity (Wildman–Crippen MR) is 107 cm³/mol. The van der Waals surface area contributed by atoms with Crippen LogP contribution in [0.2, 0.25) is 0 Å². The Morgan fingerprint density at radius 1 is 0.964 bits per heavy atom. The number of rotatable bonds is 5. The van der Waals surface area contributed by atoms with Gasteiger partial charge in [0.25, 0.3) is 0 Å². The highest BCUT2D eigenvalue weighted by atomic mass is 16.5. The van der Waals surface area contributed by atoms with Crippen molar-refractivity contribution < 1.29 is 19.1 Å². The molecule has 148 valence electrons. The summed E-state index contributed by atoms with van der Waals surface area (Å²) in [6, 6.07) is 14.9. The van der Waals surface area contributed by atoms with Gasteiger partial charge in [0.15, 0.2) is 0 Å². The summed E-state index contributed by atoms with van der Waals surface area (Å²) in [5, 5.41) is 2.96. The van der Waals surface area contributed by atoms with E-state index < -0.39 is 0 Å². The third kappa shape index (κ3) is 4.54. The molecule has 0 unspecified atom stereocenters. The number of para-hydroxylation sites is 1. The van der Waals surface area contributed by atoms with E-state index in [4.69, 9.17) is 9.47 Å². The Balaban J connectivity index is 1.50. The number of carbonyl (C=O) groups excluding carboxylic acids is 2. The van der Waals surface area contributed by atoms with Gasteiger partial charge in [0, 0.05) is 44.0 Å². The van der Waals surface area contributed by atoms with E-state index in [1.807, 2.05) is 41.3 Å². The molecule has 2 amide bonds. The molecule has 3 rings (SSSR count). The molecule has 7 heteroatoms. The van der Waals surface area contributed by atoms with E-state index in [0.29, 0.717) is 25.2 Å². The summed E-state index contributed by atoms with van der Waals surface area (Å²) in [5.41, 5.74) is 2.50. The minimum absolute atomic E-state index is 0.0772. The fourth-order valence-electron chi connectivity index (χ4n) is 3.23. The quantitative estimate of drug-likeness (QED) is 0.804. The van der Waals surface area contributed by atoms with E-state index in [9.17, 15) is 9.59 Å². The second-order valence-corrected chi connectivity index (χ2v) is 6.48. The second kappa shape index (κ2) is 9.12. The molecule has 1 aliphatic heterocycles. The number of anilines is 1. The van der Waals surface area contributed by atoms with Crippen LogP contribution in [0.15, 0.2) is 48.5 Å². The molecule has 1 heterocycles. The summed E-state index contributed by atoms with van der Waals surface area (Å²) >= 11 is 0. The lowest BCUT2D eigenvalue weighted by Gasteiger charge is -2.36. The largest absolute Gasteiger partial charge is 0.496 e. The number of hydrogen-bond acceptors (Lipinski definition) is 5. The molecule has 0 atom stereocenters. The molecule has 0 aliphatic carbocycles. The van der Waals surface area contributed by atoms with E-state index >= 15 is 0 Å². The molecule has 28 heavy (non-hydrogen) atoms. The van der Waals surface area contributed by atoms with Gasteiger partial charge in [0.1, 0.15) is 5.75 Å². The standard InChI is InChI=1S/C21H25N3O4/c1-27-19-6-4-3-5-17(19)15-22-21(26)24-13-11-23(12-14-24)18-9-7-16(8-10-18)20(25)28-2/h3-10H,11-15H2,1-2H3,(H,22,26). The van der Waals surface area contributed by atoms with Crippen LogP contribution in [0.25, 0.3) is 0 Å². The first-order valence-electron chi connectivity index (χ1n) is 9.20. The molecular weight excluding hydrogens is 358 g/mol. The van der Waals surface area contributed by atoms with Crippen molar-refractivity contribution in [3.05, 3.63) is 59.7 Å². The number of nitrogens with zero attached hydrogens (tertiary/aromatic N) is 2. The zero-order valence-corrected chi connectivity index (χ0v) is 16.2. The first-order chi connectivity index (χ1) is 13.6. The molecule has 0 bridgehead atoms. The van der Waals surface area contributed by atoms with Crippen molar-refractivity contribution in [1.29, 1.82) is 0 Å². The summed E-state index contributed by atoms with van der Waals surface area (Å²) < 4.78 is 10.0. The maximum atomic E-state index is 12.5. The summed E-state index contributed by atoms with van der Waals surface area (Å²) in [7, 11) is 2.99. The summed E-state index contributed by atoms with van der Waals surface area (Å²) in [4.78, 5) is 28.0. The third-order valence-corrected chi connectivity index (χ3v) is 4.84. The van der Waals surface area contributed by atoms with Crippen molar-refractivity contribution >= 4 is 17.7 Å². The van der Waals surface area contributed by atoms with E-state index in [1.165, 1.54) is 7.11 Å². The highest BCUT2D eigenvalue weighted by Gasteiger charge is 2.21. The van der Waals surface area contributed by atoms with E-state index in [-0.39, 0.29) is 12.0 Å². The van der Waals surface area contributed by atoms with Crippen LogP contribution in [0.3, 0.4) is 0 Å². The van der Waals surface area contributed by atoms with Crippen molar-refractivity contribution in [3.8, 4) is 5.75 Å². The number of amides is 2. The number of ether oxygens (including phenoxy) is 2. The van der Waals surface area contributed by atoms with Crippen LogP contribution in [-0.2, 0) is 11.3 Å². The van der Waals surface area contributed by atoms with Gasteiger partial charge in [0.2, 0.25) is 0 Å². The number of carbonyl (C=O) groups is 2. The Labute approximate surface area is 164 Å². The number of nitrogens with one attached hydrogen (secondary N) is 1. The summed E-state index contributed by atoms with van der Waals surface area (Å²) in [6.45, 7) is 3.17. The van der Waals surface area contributed by atoms with Gasteiger partial charge in [-0.15, -0.1) is 0 Å². The lowest BCUT2D eigenvalue weighted by Crippen LogP contribution is -2.51. The van der Waals surface area contributed by atoms with Crippen molar-refractivity contribution in [2.24, 2.45) is 0 Å². The zero-order chi connectivity index (χ0) is 19.9. The van der Waals surface area contributed by atoms with Gasteiger partial charge in [-0.05, 0) is 30.3 Å². The van der Waals surface area contributed by atoms with Crippen LogP contribution >= 0.6 is 0 Å². The minimum atomic E-state index is -0.344. The smallest absolute Gasteiger partial charge is 0.337 e. The summed E-state index contributed by atoms with van der Waals surface area (Å²) in [6.07, 6.45) is 0. The second-order valence-electron chi connectivity index (χ2n) is 6.48. The number of piperazine rings is 1. The normalized spacial score (nSPS) is 13.8. The zero-order valence-electron chi connectivity index (χ0n) is 16.2. The number of esters is 1. The number of urea groups is 1. The van der Waals surface area contributed by atoms with E-state index in [1.54, 1.807) is 19.2 Å². The average Bonchev–Trinajstić information content (AvgIpc) is 2.77. The van der Waals surface area contributed by atoms with E-state index in [2.05, 4.69) is 10.2 Å². The highest BCUT2D eigenvalue weighted by molar-refractivity contribution is 5.89. The molecule has 0 radical (unpaired) electrons. The Morgan fingerprint density at radius 3 is 2.29 bits per heavy atom. The molecule has 0 aromatic heterocycles. The van der Waals surface area contributed by atoms with E-state index in [0.717, 1.165) is 30.1 Å². The van der Waals surface area contributed by atoms with Crippen LogP contribution in [0, 0.1) is 0 Å². The Kier molecular flexibility index (Phi) is 6.37. The topological polar surface area (TPSA) is 71.1 Å². The molecule has 1 N–H and O–H groups in total. The Bertz CT molecular complexity index is 815. The number of benzene rings is 2. The van der Waals surface area contributed by atoms with Crippen LogP contribution in [0.1, 0.15) is 15.9 Å². The highest BCUT2D eigenvalue weighted by Crippen LogP contribution is 2.19. The number of methoxy groups -OCH3 is 2. The maximum Gasteiger partial charge on any atom is 0.337 e. The number of hydrogen-bond donors (Lipinski definition) is 1. The lowest BCUT2D eigenvalue weighted by molar-refractivity contribution is 0.0600. The predicted octanol–water partition coefficient (Wildman–Crippen LogP) is 2.51. The van der Waals surface area contributed by atoms with Crippen molar-refractivity contribution in [3.63, 3.8) is 0 Å². The fraction of sp³-hybridized carbons (Fsp3) is 0.333. The Hall–Kier alpha value is -3.22. The van der Waals surface area contributed by atoms with Crippen molar-refractivity contribution in [1.82, 2.24) is 10.2 Å². The average molecular weight is 383 g/mol. The molecule has 7 nitrogen and oxygen atoms in total. The molecular formula is C21H25N3O4. The van der Waals surface area contributed by atoms with Gasteiger partial charge in [-0.2, -0.15) is 0 Å². The van der Waals surface area contributed by atoms with Gasteiger partial charge < -0.3 is 24.6 Å². The molecule has 1 saturated heterocycles. The van der Waals surface area contributed by atoms with Crippen molar-refractivity contribution in [2.45, 2.75) is 6.54 Å². The maximum absolute atomic E-state index is 12.5. The van der Waals surface area contributed by atoms with Crippen molar-refractivity contribution in [2.75, 3.05) is 45.3 Å². The minimum Gasteiger partial charge on any atom is -0.496 e. The van der Waals surface area contributed by atoms with Gasteiger partial charge in [-0.1, -0.05) is 18.2 Å². The van der Waals surface area contributed by atoms with Gasteiger partial charge in [-0.3, -0.25) is 0 Å². The van der Waals surface area contributed by atoms with Gasteiger partial charge in [-0.25, -0.2) is 9.59 Å². The third-order valence-electron chi connectivity index (χ3n) is 4.84. The molecule has 0 saturated carbocycles. The Morgan fingerprint density at radius 2 is 1.64 bits per heavy atom. The molecule has 0 spiro atoms. The monoisotopic (exact) mass is 383 g/mol. The molecule has 1 aliphatic rings. The van der Waals surface area contributed by atoms with Gasteiger partial charge >= 0.3 is 12.0 Å². The SMILES string of the molecule is COC(=O)c1ccc(N2CCN(C(=O)NCc3ccccc3OC)CC2)cc1. The lowest BCUT2D eigenvalue weighted by atomic mass is 10.2. The first-order valence-corrected chi connectivity index (χ1v) is 9.20. The van der Waals surface area contributed by atoms with Crippen LogP contribution in [-0.4, -0.2) is 57.3 Å². The van der Waals surface area contributed by atoms with Gasteiger partial charge in [0.05, 0.1) is 19.8 Å². The molecule has 2 aromatic carbocycles. The first kappa shape index (κ1) is 19.5. The van der Waals surface area contributed by atoms with Crippen LogP contribution in [0.5, 0.6) is 5.75 Å².